The number of nitrogens with one attached hydrogen (secondary N) is 1. The van der Waals surface area contributed by atoms with Crippen molar-refractivity contribution in [1.82, 2.24) is 10.3 Å². The Kier molecular flexibility index (Phi) is 5.63. The van der Waals surface area contributed by atoms with Crippen molar-refractivity contribution in [3.8, 4) is 0 Å². The minimum absolute atomic E-state index is 0.520. The fourth-order valence-corrected chi connectivity index (χ4v) is 3.33. The lowest BCUT2D eigenvalue weighted by Crippen LogP contribution is -2.28. The first-order chi connectivity index (χ1) is 10.1. The lowest BCUT2D eigenvalue weighted by molar-refractivity contribution is 0.301. The van der Waals surface area contributed by atoms with Crippen molar-refractivity contribution >= 4 is 5.69 Å². The number of anilines is 1. The first-order valence-electron chi connectivity index (χ1n) is 8.49. The van der Waals surface area contributed by atoms with E-state index in [4.69, 9.17) is 0 Å². The zero-order valence-electron chi connectivity index (χ0n) is 14.2. The Morgan fingerprint density at radius 1 is 1.33 bits per heavy atom. The van der Waals surface area contributed by atoms with Gasteiger partial charge in [-0.3, -0.25) is 4.98 Å². The van der Waals surface area contributed by atoms with E-state index in [1.807, 2.05) is 12.4 Å². The molecule has 0 radical (unpaired) electrons. The van der Waals surface area contributed by atoms with E-state index in [0.717, 1.165) is 13.1 Å². The quantitative estimate of drug-likeness (QED) is 0.826. The summed E-state index contributed by atoms with van der Waals surface area (Å²) in [5, 5.41) is 3.55. The smallest absolute Gasteiger partial charge is 0.0443 e. The molecule has 0 unspecified atom stereocenters. The van der Waals surface area contributed by atoms with Gasteiger partial charge in [0.25, 0.3) is 0 Å². The van der Waals surface area contributed by atoms with Crippen LogP contribution in [0.15, 0.2) is 18.5 Å². The zero-order chi connectivity index (χ0) is 15.3. The fraction of sp³-hybridized carbons (Fsp3) is 0.722. The SMILES string of the molecule is CCC1(CC)CCN(c2ccncc2CNCC(C)C)C1. The van der Waals surface area contributed by atoms with Crippen molar-refractivity contribution in [2.45, 2.75) is 53.5 Å². The van der Waals surface area contributed by atoms with Crippen LogP contribution in [0.1, 0.15) is 52.5 Å². The summed E-state index contributed by atoms with van der Waals surface area (Å²) in [4.78, 5) is 6.90. The molecule has 1 fully saturated rings. The van der Waals surface area contributed by atoms with Gasteiger partial charge in [-0.1, -0.05) is 27.7 Å². The van der Waals surface area contributed by atoms with Crippen LogP contribution >= 0.6 is 0 Å². The number of nitrogens with zero attached hydrogens (tertiary/aromatic N) is 2. The molecule has 0 aliphatic carbocycles. The van der Waals surface area contributed by atoms with Gasteiger partial charge < -0.3 is 10.2 Å². The van der Waals surface area contributed by atoms with Crippen LogP contribution in [0.3, 0.4) is 0 Å². The largest absolute Gasteiger partial charge is 0.371 e. The molecule has 3 heteroatoms. The molecular weight excluding hydrogens is 258 g/mol. The van der Waals surface area contributed by atoms with Crippen LogP contribution in [0.4, 0.5) is 5.69 Å². The Balaban J connectivity index is 2.06. The van der Waals surface area contributed by atoms with Crippen molar-refractivity contribution in [3.05, 3.63) is 24.0 Å². The number of rotatable bonds is 7. The third kappa shape index (κ3) is 3.97. The van der Waals surface area contributed by atoms with Crippen molar-refractivity contribution in [3.63, 3.8) is 0 Å². The first kappa shape index (κ1) is 16.3. The van der Waals surface area contributed by atoms with Gasteiger partial charge in [0.1, 0.15) is 0 Å². The molecule has 0 saturated carbocycles. The Hall–Kier alpha value is -1.09. The normalized spacial score (nSPS) is 17.7. The zero-order valence-corrected chi connectivity index (χ0v) is 14.2. The highest BCUT2D eigenvalue weighted by molar-refractivity contribution is 5.53. The predicted molar refractivity (Wildman–Crippen MR) is 90.6 cm³/mol. The summed E-state index contributed by atoms with van der Waals surface area (Å²) in [6, 6.07) is 2.19. The highest BCUT2D eigenvalue weighted by Gasteiger charge is 2.35. The van der Waals surface area contributed by atoms with Crippen molar-refractivity contribution < 1.29 is 0 Å². The van der Waals surface area contributed by atoms with Crippen LogP contribution in [-0.4, -0.2) is 24.6 Å². The topological polar surface area (TPSA) is 28.2 Å². The molecule has 21 heavy (non-hydrogen) atoms. The van der Waals surface area contributed by atoms with Gasteiger partial charge in [0.15, 0.2) is 0 Å². The molecular formula is C18H31N3. The molecule has 0 aromatic carbocycles. The maximum atomic E-state index is 4.32. The van der Waals surface area contributed by atoms with Crippen LogP contribution in [0, 0.1) is 11.3 Å². The minimum atomic E-state index is 0.520. The number of hydrogen-bond acceptors (Lipinski definition) is 3. The van der Waals surface area contributed by atoms with E-state index in [-0.39, 0.29) is 0 Å². The number of aromatic nitrogens is 1. The van der Waals surface area contributed by atoms with Gasteiger partial charge in [0.05, 0.1) is 0 Å². The first-order valence-corrected chi connectivity index (χ1v) is 8.49. The Morgan fingerprint density at radius 2 is 2.10 bits per heavy atom. The Labute approximate surface area is 130 Å². The molecule has 1 saturated heterocycles. The molecule has 1 aromatic heterocycles. The highest BCUT2D eigenvalue weighted by Crippen LogP contribution is 2.39. The lowest BCUT2D eigenvalue weighted by Gasteiger charge is -2.28. The minimum Gasteiger partial charge on any atom is -0.371 e. The second-order valence-electron chi connectivity index (χ2n) is 6.91. The summed E-state index contributed by atoms with van der Waals surface area (Å²) in [5.41, 5.74) is 3.23. The van der Waals surface area contributed by atoms with Gasteiger partial charge >= 0.3 is 0 Å². The van der Waals surface area contributed by atoms with Crippen molar-refractivity contribution in [2.75, 3.05) is 24.5 Å². The summed E-state index contributed by atoms with van der Waals surface area (Å²) >= 11 is 0. The van der Waals surface area contributed by atoms with Gasteiger partial charge in [0.2, 0.25) is 0 Å². The predicted octanol–water partition coefficient (Wildman–Crippen LogP) is 3.84. The third-order valence-electron chi connectivity index (χ3n) is 5.02. The molecule has 3 nitrogen and oxygen atoms in total. The maximum absolute atomic E-state index is 4.32. The third-order valence-corrected chi connectivity index (χ3v) is 5.02. The molecule has 118 valence electrons. The molecule has 0 atom stereocenters. The van der Waals surface area contributed by atoms with E-state index in [0.29, 0.717) is 11.3 Å². The summed E-state index contributed by atoms with van der Waals surface area (Å²) < 4.78 is 0. The van der Waals surface area contributed by atoms with E-state index >= 15 is 0 Å². The van der Waals surface area contributed by atoms with Crippen LogP contribution in [0.5, 0.6) is 0 Å². The maximum Gasteiger partial charge on any atom is 0.0443 e. The van der Waals surface area contributed by atoms with E-state index in [1.54, 1.807) is 0 Å². The van der Waals surface area contributed by atoms with Crippen LogP contribution in [-0.2, 0) is 6.54 Å². The molecule has 0 bridgehead atoms. The van der Waals surface area contributed by atoms with Crippen molar-refractivity contribution in [2.24, 2.45) is 11.3 Å². The molecule has 1 aliphatic rings. The van der Waals surface area contributed by atoms with Crippen LogP contribution in [0.25, 0.3) is 0 Å². The summed E-state index contributed by atoms with van der Waals surface area (Å²) in [6.45, 7) is 13.5. The van der Waals surface area contributed by atoms with E-state index in [1.165, 1.54) is 43.6 Å². The second kappa shape index (κ2) is 7.26. The van der Waals surface area contributed by atoms with Gasteiger partial charge in [-0.25, -0.2) is 0 Å². The van der Waals surface area contributed by atoms with E-state index in [2.05, 4.69) is 49.0 Å². The average Bonchev–Trinajstić information content (AvgIpc) is 2.92. The molecule has 1 N–H and O–H groups in total. The van der Waals surface area contributed by atoms with Gasteiger partial charge in [-0.05, 0) is 43.2 Å². The fourth-order valence-electron chi connectivity index (χ4n) is 3.33. The standard InChI is InChI=1S/C18H31N3/c1-5-18(6-2)8-10-21(14-18)17-7-9-19-12-16(17)13-20-11-15(3)4/h7,9,12,15,20H,5-6,8,10-11,13-14H2,1-4H3. The van der Waals surface area contributed by atoms with E-state index < -0.39 is 0 Å². The molecule has 1 aliphatic heterocycles. The monoisotopic (exact) mass is 289 g/mol. The van der Waals surface area contributed by atoms with Crippen LogP contribution < -0.4 is 10.2 Å². The number of pyridine rings is 1. The van der Waals surface area contributed by atoms with E-state index in [9.17, 15) is 0 Å². The molecule has 2 heterocycles. The molecule has 0 spiro atoms. The summed E-state index contributed by atoms with van der Waals surface area (Å²) in [7, 11) is 0. The van der Waals surface area contributed by atoms with Gasteiger partial charge in [0, 0.05) is 43.3 Å². The van der Waals surface area contributed by atoms with Crippen LogP contribution in [0.2, 0.25) is 0 Å². The Morgan fingerprint density at radius 3 is 2.71 bits per heavy atom. The highest BCUT2D eigenvalue weighted by atomic mass is 15.2. The summed E-state index contributed by atoms with van der Waals surface area (Å²) in [6.07, 6.45) is 7.85. The van der Waals surface area contributed by atoms with Gasteiger partial charge in [-0.2, -0.15) is 0 Å². The number of hydrogen-bond donors (Lipinski definition) is 1. The lowest BCUT2D eigenvalue weighted by atomic mass is 9.82. The molecule has 2 rings (SSSR count). The second-order valence-corrected chi connectivity index (χ2v) is 6.91. The molecule has 1 aromatic rings. The molecule has 0 amide bonds. The Bertz CT molecular complexity index is 438. The van der Waals surface area contributed by atoms with Gasteiger partial charge in [-0.15, -0.1) is 0 Å². The average molecular weight is 289 g/mol. The van der Waals surface area contributed by atoms with Crippen molar-refractivity contribution in [1.29, 1.82) is 0 Å². The summed E-state index contributed by atoms with van der Waals surface area (Å²) in [5.74, 6) is 0.685.